The van der Waals surface area contributed by atoms with Crippen molar-refractivity contribution in [2.24, 2.45) is 10.7 Å². The molecule has 0 aromatic carbocycles. The Bertz CT molecular complexity index is 700. The average Bonchev–Trinajstić information content (AvgIpc) is 2.61. The fourth-order valence-electron chi connectivity index (χ4n) is 1.78. The molecule has 0 saturated heterocycles. The van der Waals surface area contributed by atoms with Gasteiger partial charge >= 0.3 is 5.97 Å². The molecule has 1 heterocycles. The summed E-state index contributed by atoms with van der Waals surface area (Å²) in [6, 6.07) is 5.24. The molecule has 0 bridgehead atoms. The minimum Gasteiger partial charge on any atom is -0.480 e. The van der Waals surface area contributed by atoms with Crippen molar-refractivity contribution in [1.29, 1.82) is 0 Å². The van der Waals surface area contributed by atoms with E-state index in [0.29, 0.717) is 0 Å². The number of rotatable bonds is 9. The lowest BCUT2D eigenvalue weighted by molar-refractivity contribution is -0.135. The topological polar surface area (TPSA) is 97.7 Å². The first-order valence-corrected chi connectivity index (χ1v) is 8.54. The number of aliphatic carboxylic acids is 1. The van der Waals surface area contributed by atoms with Gasteiger partial charge in [0.05, 0.1) is 0 Å². The molecule has 0 aliphatic carbocycles. The molecule has 0 aliphatic heterocycles. The van der Waals surface area contributed by atoms with E-state index in [1.165, 1.54) is 0 Å². The van der Waals surface area contributed by atoms with Crippen LogP contribution in [0, 0.1) is 0 Å². The minimum absolute atomic E-state index is 0.0736. The van der Waals surface area contributed by atoms with Gasteiger partial charge in [-0.1, -0.05) is 43.4 Å². The number of hydrogen-bond donors (Lipinski definition) is 2. The van der Waals surface area contributed by atoms with Gasteiger partial charge in [0.15, 0.2) is 0 Å². The zero-order valence-corrected chi connectivity index (χ0v) is 15.6. The summed E-state index contributed by atoms with van der Waals surface area (Å²) in [5.41, 5.74) is 6.46. The first-order valence-electron chi connectivity index (χ1n) is 8.54. The molecule has 0 fully saturated rings. The van der Waals surface area contributed by atoms with Crippen LogP contribution >= 0.6 is 0 Å². The van der Waals surface area contributed by atoms with Gasteiger partial charge in [-0.25, -0.2) is 0 Å². The van der Waals surface area contributed by atoms with E-state index in [4.69, 9.17) is 10.8 Å². The third kappa shape index (κ3) is 12.5. The van der Waals surface area contributed by atoms with Gasteiger partial charge in [-0.15, -0.1) is 0 Å². The Balaban J connectivity index is 0.000000541. The number of nitrogens with zero attached hydrogens (tertiary/aromatic N) is 2. The van der Waals surface area contributed by atoms with Gasteiger partial charge in [-0.3, -0.25) is 14.6 Å². The van der Waals surface area contributed by atoms with Crippen molar-refractivity contribution in [2.45, 2.75) is 39.7 Å². The predicted molar refractivity (Wildman–Crippen MR) is 107 cm³/mol. The standard InChI is InChI=1S/C14H19NO.C6H10N2O2/c1-3-13(2)9-5-4-7-11-15-12-8-6-10-14(15)16;1-2-3-5(7)8-4-6(9)10/h5-6,8-10,12H,2-4,7,11H2,1H3;2-3H,4H2,1H3,(H2,7,8)(H,9,10)/b9-5-;3-2+. The highest BCUT2D eigenvalue weighted by molar-refractivity contribution is 5.92. The number of aromatic nitrogens is 1. The molecular formula is C20H29N3O3. The molecule has 0 saturated carbocycles. The van der Waals surface area contributed by atoms with Crippen LogP contribution in [0.2, 0.25) is 0 Å². The van der Waals surface area contributed by atoms with E-state index >= 15 is 0 Å². The van der Waals surface area contributed by atoms with Gasteiger partial charge in [0.25, 0.3) is 0 Å². The van der Waals surface area contributed by atoms with E-state index in [2.05, 4.69) is 30.6 Å². The number of aliphatic imine (C=N–C) groups is 1. The van der Waals surface area contributed by atoms with Crippen LogP contribution in [0.4, 0.5) is 0 Å². The third-order valence-corrected chi connectivity index (χ3v) is 3.21. The lowest BCUT2D eigenvalue weighted by atomic mass is 10.2. The number of hydrogen-bond acceptors (Lipinski definition) is 3. The average molecular weight is 359 g/mol. The first-order chi connectivity index (χ1) is 12.4. The molecule has 0 atom stereocenters. The van der Waals surface area contributed by atoms with E-state index in [-0.39, 0.29) is 17.9 Å². The molecule has 6 heteroatoms. The molecule has 0 radical (unpaired) electrons. The number of carbonyl (C=O) groups is 1. The summed E-state index contributed by atoms with van der Waals surface area (Å²) in [5, 5.41) is 8.14. The Morgan fingerprint density at radius 3 is 2.69 bits per heavy atom. The van der Waals surface area contributed by atoms with Gasteiger partial charge in [-0.2, -0.15) is 0 Å². The van der Waals surface area contributed by atoms with Gasteiger partial charge < -0.3 is 15.4 Å². The zero-order valence-electron chi connectivity index (χ0n) is 15.6. The Morgan fingerprint density at radius 1 is 1.38 bits per heavy atom. The lowest BCUT2D eigenvalue weighted by Gasteiger charge is -2.02. The molecule has 1 rings (SSSR count). The smallest absolute Gasteiger partial charge is 0.325 e. The van der Waals surface area contributed by atoms with Crippen LogP contribution in [0.3, 0.4) is 0 Å². The molecule has 6 nitrogen and oxygen atoms in total. The van der Waals surface area contributed by atoms with E-state index in [9.17, 15) is 9.59 Å². The molecule has 3 N–H and O–H groups in total. The summed E-state index contributed by atoms with van der Waals surface area (Å²) in [7, 11) is 0. The van der Waals surface area contributed by atoms with Crippen molar-refractivity contribution in [1.82, 2.24) is 4.57 Å². The fourth-order valence-corrected chi connectivity index (χ4v) is 1.78. The molecule has 1 aromatic heterocycles. The number of carboxylic acid groups (broad SMARTS) is 1. The highest BCUT2D eigenvalue weighted by Gasteiger charge is 1.92. The molecular weight excluding hydrogens is 330 g/mol. The summed E-state index contributed by atoms with van der Waals surface area (Å²) in [5.74, 6) is -0.739. The highest BCUT2D eigenvalue weighted by atomic mass is 16.4. The molecule has 0 amide bonds. The number of nitrogens with two attached hydrogens (primary N) is 1. The molecule has 142 valence electrons. The van der Waals surface area contributed by atoms with Crippen LogP contribution in [0.5, 0.6) is 0 Å². The zero-order chi connectivity index (χ0) is 19.8. The van der Waals surface area contributed by atoms with Crippen molar-refractivity contribution in [3.05, 3.63) is 71.2 Å². The second kappa shape index (κ2) is 14.5. The fraction of sp³-hybridized carbons (Fsp3) is 0.350. The first kappa shape index (κ1) is 23.1. The van der Waals surface area contributed by atoms with Crippen molar-refractivity contribution >= 4 is 11.8 Å². The van der Waals surface area contributed by atoms with Crippen LogP contribution in [0.25, 0.3) is 0 Å². The van der Waals surface area contributed by atoms with Gasteiger partial charge in [0, 0.05) is 18.8 Å². The van der Waals surface area contributed by atoms with Crippen molar-refractivity contribution in [3.8, 4) is 0 Å². The van der Waals surface area contributed by atoms with Crippen LogP contribution in [-0.4, -0.2) is 28.0 Å². The van der Waals surface area contributed by atoms with Crippen molar-refractivity contribution in [3.63, 3.8) is 0 Å². The Morgan fingerprint density at radius 2 is 2.12 bits per heavy atom. The van der Waals surface area contributed by atoms with Gasteiger partial charge in [0.1, 0.15) is 12.4 Å². The maximum Gasteiger partial charge on any atom is 0.325 e. The van der Waals surface area contributed by atoms with E-state index in [0.717, 1.165) is 31.4 Å². The monoisotopic (exact) mass is 359 g/mol. The number of allylic oxidation sites excluding steroid dienone is 4. The number of carboxylic acids is 1. The molecule has 0 aliphatic rings. The minimum atomic E-state index is -0.979. The van der Waals surface area contributed by atoms with Crippen LogP contribution in [-0.2, 0) is 11.3 Å². The number of aryl methyl sites for hydroxylation is 1. The van der Waals surface area contributed by atoms with Crippen LogP contribution in [0.15, 0.2) is 70.6 Å². The third-order valence-electron chi connectivity index (χ3n) is 3.21. The van der Waals surface area contributed by atoms with Crippen molar-refractivity contribution in [2.75, 3.05) is 6.54 Å². The molecule has 26 heavy (non-hydrogen) atoms. The summed E-state index contributed by atoms with van der Waals surface area (Å²) < 4.78 is 1.74. The second-order valence-corrected chi connectivity index (χ2v) is 5.42. The molecule has 0 unspecified atom stereocenters. The predicted octanol–water partition coefficient (Wildman–Crippen LogP) is 3.16. The number of unbranched alkanes of at least 4 members (excludes halogenated alkanes) is 1. The molecule has 0 spiro atoms. The normalized spacial score (nSPS) is 11.4. The maximum absolute atomic E-state index is 11.4. The van der Waals surface area contributed by atoms with Crippen LogP contribution < -0.4 is 11.3 Å². The lowest BCUT2D eigenvalue weighted by Crippen LogP contribution is -2.17. The largest absolute Gasteiger partial charge is 0.480 e. The number of pyridine rings is 1. The summed E-state index contributed by atoms with van der Waals surface area (Å²) in [6.07, 6.45) is 12.2. The Hall–Kier alpha value is -2.89. The van der Waals surface area contributed by atoms with E-state index in [1.54, 1.807) is 35.8 Å². The van der Waals surface area contributed by atoms with Crippen LogP contribution in [0.1, 0.15) is 33.1 Å². The van der Waals surface area contributed by atoms with E-state index in [1.807, 2.05) is 12.3 Å². The summed E-state index contributed by atoms with van der Waals surface area (Å²) >= 11 is 0. The number of amidine groups is 1. The highest BCUT2D eigenvalue weighted by Crippen LogP contribution is 2.01. The summed E-state index contributed by atoms with van der Waals surface area (Å²) in [6.45, 7) is 8.29. The van der Waals surface area contributed by atoms with Crippen molar-refractivity contribution < 1.29 is 9.90 Å². The van der Waals surface area contributed by atoms with Gasteiger partial charge in [-0.05, 0) is 38.3 Å². The quantitative estimate of drug-likeness (QED) is 0.306. The van der Waals surface area contributed by atoms with Gasteiger partial charge in [0.2, 0.25) is 5.56 Å². The SMILES string of the molecule is C/C=C/C(N)=NCC(=O)O.C=C(/C=C\CCCn1ccccc1=O)CC. The second-order valence-electron chi connectivity index (χ2n) is 5.42. The molecule has 1 aromatic rings. The Labute approximate surface area is 155 Å². The van der Waals surface area contributed by atoms with E-state index < -0.39 is 5.97 Å². The Kier molecular flexibility index (Phi) is 12.8. The maximum atomic E-state index is 11.4. The summed E-state index contributed by atoms with van der Waals surface area (Å²) in [4.78, 5) is 24.8.